The van der Waals surface area contributed by atoms with Gasteiger partial charge in [-0.1, -0.05) is 41.9 Å². The van der Waals surface area contributed by atoms with Crippen LogP contribution in [0.4, 0.5) is 0 Å². The molecular formula is C14H10ClN2O2. The molecule has 2 aromatic carbocycles. The second-order valence-corrected chi connectivity index (χ2v) is 4.11. The molecule has 0 aliphatic rings. The van der Waals surface area contributed by atoms with Crippen LogP contribution < -0.4 is 10.9 Å². The largest absolute Gasteiger partial charge is 0.295 e. The summed E-state index contributed by atoms with van der Waals surface area (Å²) in [6.07, 6.45) is 0. The van der Waals surface area contributed by atoms with Gasteiger partial charge in [0.25, 0.3) is 11.8 Å². The highest BCUT2D eigenvalue weighted by Crippen LogP contribution is 2.14. The normalized spacial score (nSPS) is 9.74. The quantitative estimate of drug-likeness (QED) is 0.854. The lowest BCUT2D eigenvalue weighted by Crippen LogP contribution is -2.35. The van der Waals surface area contributed by atoms with Crippen molar-refractivity contribution in [2.24, 2.45) is 0 Å². The monoisotopic (exact) mass is 273 g/mol. The molecule has 0 atom stereocenters. The van der Waals surface area contributed by atoms with Crippen molar-refractivity contribution in [2.45, 2.75) is 0 Å². The maximum absolute atomic E-state index is 11.7. The van der Waals surface area contributed by atoms with Crippen LogP contribution in [0, 0.1) is 0 Å². The molecule has 0 aliphatic heterocycles. The molecule has 0 heterocycles. The third-order valence-electron chi connectivity index (χ3n) is 2.40. The van der Waals surface area contributed by atoms with Crippen molar-refractivity contribution in [3.05, 3.63) is 70.7 Å². The van der Waals surface area contributed by atoms with Crippen molar-refractivity contribution in [2.75, 3.05) is 0 Å². The van der Waals surface area contributed by atoms with Crippen LogP contribution in [0.3, 0.4) is 0 Å². The molecule has 0 saturated heterocycles. The van der Waals surface area contributed by atoms with Crippen molar-refractivity contribution in [3.63, 3.8) is 0 Å². The standard InChI is InChI=1S/C14H10ClN2O2/c15-12-9-5-4-8-11(12)14(19)17-16-13(18)10-6-2-1-3-7-10/h1-9H,(H,16,18). The minimum Gasteiger partial charge on any atom is -0.267 e. The Morgan fingerprint density at radius 2 is 1.58 bits per heavy atom. The number of halogens is 1. The van der Waals surface area contributed by atoms with E-state index < -0.39 is 11.8 Å². The number of carbonyl (C=O) groups is 2. The van der Waals surface area contributed by atoms with Crippen LogP contribution >= 0.6 is 11.6 Å². The van der Waals surface area contributed by atoms with Crippen molar-refractivity contribution in [1.29, 1.82) is 0 Å². The highest BCUT2D eigenvalue weighted by molar-refractivity contribution is 6.33. The molecule has 0 unspecified atom stereocenters. The van der Waals surface area contributed by atoms with E-state index >= 15 is 0 Å². The lowest BCUT2D eigenvalue weighted by molar-refractivity contribution is 0.0841. The molecule has 0 aliphatic carbocycles. The van der Waals surface area contributed by atoms with Crippen molar-refractivity contribution in [3.8, 4) is 0 Å². The van der Waals surface area contributed by atoms with Crippen LogP contribution in [0.15, 0.2) is 54.6 Å². The Morgan fingerprint density at radius 1 is 0.947 bits per heavy atom. The Hall–Kier alpha value is -2.33. The van der Waals surface area contributed by atoms with Gasteiger partial charge in [-0.2, -0.15) is 0 Å². The number of hydrogen-bond donors (Lipinski definition) is 1. The van der Waals surface area contributed by atoms with Gasteiger partial charge in [0.1, 0.15) is 0 Å². The van der Waals surface area contributed by atoms with E-state index in [2.05, 4.69) is 10.9 Å². The number of benzene rings is 2. The third-order valence-corrected chi connectivity index (χ3v) is 2.73. The summed E-state index contributed by atoms with van der Waals surface area (Å²) in [6.45, 7) is 0. The SMILES string of the molecule is O=C(N[N]C(=O)c1ccccc1Cl)c1ccccc1. The number of nitrogens with one attached hydrogen (secondary N) is 1. The van der Waals surface area contributed by atoms with E-state index in [1.54, 1.807) is 54.6 Å². The first-order valence-electron chi connectivity index (χ1n) is 5.53. The van der Waals surface area contributed by atoms with Crippen molar-refractivity contribution < 1.29 is 9.59 Å². The topological polar surface area (TPSA) is 60.3 Å². The summed E-state index contributed by atoms with van der Waals surface area (Å²) in [5, 5.41) is 0.296. The Kier molecular flexibility index (Phi) is 4.15. The number of amides is 2. The van der Waals surface area contributed by atoms with E-state index in [1.165, 1.54) is 0 Å². The first-order chi connectivity index (χ1) is 9.18. The Balaban J connectivity index is 1.98. The molecular weight excluding hydrogens is 264 g/mol. The first kappa shape index (κ1) is 13.1. The second kappa shape index (κ2) is 6.02. The van der Waals surface area contributed by atoms with Crippen molar-refractivity contribution >= 4 is 23.4 Å². The predicted octanol–water partition coefficient (Wildman–Crippen LogP) is 2.43. The van der Waals surface area contributed by atoms with E-state index in [-0.39, 0.29) is 5.56 Å². The average Bonchev–Trinajstić information content (AvgIpc) is 2.46. The lowest BCUT2D eigenvalue weighted by Gasteiger charge is -2.05. The summed E-state index contributed by atoms with van der Waals surface area (Å²) in [4.78, 5) is 23.4. The maximum atomic E-state index is 11.7. The molecule has 1 N–H and O–H groups in total. The molecule has 5 heteroatoms. The van der Waals surface area contributed by atoms with Crippen LogP contribution in [-0.2, 0) is 0 Å². The fourth-order valence-corrected chi connectivity index (χ4v) is 1.67. The van der Waals surface area contributed by atoms with Crippen LogP contribution in [0.1, 0.15) is 20.7 Å². The molecule has 2 rings (SSSR count). The zero-order valence-electron chi connectivity index (χ0n) is 9.84. The van der Waals surface area contributed by atoms with Crippen LogP contribution in [-0.4, -0.2) is 11.8 Å². The molecule has 2 aromatic rings. The smallest absolute Gasteiger partial charge is 0.267 e. The number of carbonyl (C=O) groups excluding carboxylic acids is 2. The number of nitrogens with zero attached hydrogens (tertiary/aromatic N) is 1. The Bertz CT molecular complexity index is 599. The summed E-state index contributed by atoms with van der Waals surface area (Å²) in [5.74, 6) is -1.03. The highest BCUT2D eigenvalue weighted by atomic mass is 35.5. The number of rotatable bonds is 2. The van der Waals surface area contributed by atoms with Gasteiger partial charge in [0.15, 0.2) is 0 Å². The summed E-state index contributed by atoms with van der Waals surface area (Å²) in [6, 6.07) is 15.0. The van der Waals surface area contributed by atoms with Crippen LogP contribution in [0.2, 0.25) is 5.02 Å². The molecule has 4 nitrogen and oxygen atoms in total. The van der Waals surface area contributed by atoms with Crippen LogP contribution in [0.25, 0.3) is 0 Å². The molecule has 0 saturated carbocycles. The summed E-state index contributed by atoms with van der Waals surface area (Å²) < 4.78 is 0. The van der Waals surface area contributed by atoms with Gasteiger partial charge >= 0.3 is 0 Å². The zero-order valence-corrected chi connectivity index (χ0v) is 10.6. The molecule has 1 radical (unpaired) electrons. The molecule has 0 fully saturated rings. The third kappa shape index (κ3) is 3.33. The lowest BCUT2D eigenvalue weighted by atomic mass is 10.2. The molecule has 0 bridgehead atoms. The summed E-state index contributed by atoms with van der Waals surface area (Å²) in [5.41, 5.74) is 6.39. The van der Waals surface area contributed by atoms with E-state index in [0.717, 1.165) is 0 Å². The van der Waals surface area contributed by atoms with Gasteiger partial charge in [-0.3, -0.25) is 9.59 Å². The minimum atomic E-state index is -0.588. The summed E-state index contributed by atoms with van der Waals surface area (Å²) >= 11 is 5.86. The van der Waals surface area contributed by atoms with E-state index in [4.69, 9.17) is 11.6 Å². The first-order valence-corrected chi connectivity index (χ1v) is 5.91. The van der Waals surface area contributed by atoms with Gasteiger partial charge in [0.2, 0.25) is 0 Å². The predicted molar refractivity (Wildman–Crippen MR) is 71.8 cm³/mol. The summed E-state index contributed by atoms with van der Waals surface area (Å²) in [7, 11) is 0. The average molecular weight is 274 g/mol. The molecule has 2 amide bonds. The fourth-order valence-electron chi connectivity index (χ4n) is 1.45. The zero-order chi connectivity index (χ0) is 13.7. The number of hydrogen-bond acceptors (Lipinski definition) is 2. The molecule has 19 heavy (non-hydrogen) atoms. The van der Waals surface area contributed by atoms with Crippen LogP contribution in [0.5, 0.6) is 0 Å². The Morgan fingerprint density at radius 3 is 2.26 bits per heavy atom. The van der Waals surface area contributed by atoms with Gasteiger partial charge < -0.3 is 0 Å². The fraction of sp³-hybridized carbons (Fsp3) is 0. The van der Waals surface area contributed by atoms with E-state index in [9.17, 15) is 9.59 Å². The molecule has 95 valence electrons. The minimum absolute atomic E-state index is 0.248. The van der Waals surface area contributed by atoms with Gasteiger partial charge in [0.05, 0.1) is 10.6 Å². The van der Waals surface area contributed by atoms with Gasteiger partial charge in [0, 0.05) is 5.56 Å². The van der Waals surface area contributed by atoms with Gasteiger partial charge in [-0.25, -0.2) is 5.43 Å². The maximum Gasteiger partial charge on any atom is 0.295 e. The Labute approximate surface area is 115 Å². The molecule has 0 spiro atoms. The van der Waals surface area contributed by atoms with Gasteiger partial charge in [-0.05, 0) is 24.3 Å². The second-order valence-electron chi connectivity index (χ2n) is 3.70. The van der Waals surface area contributed by atoms with Gasteiger partial charge in [-0.15, -0.1) is 5.43 Å². The van der Waals surface area contributed by atoms with Crippen molar-refractivity contribution in [1.82, 2.24) is 10.9 Å². The van der Waals surface area contributed by atoms with E-state index in [0.29, 0.717) is 10.6 Å². The van der Waals surface area contributed by atoms with E-state index in [1.807, 2.05) is 0 Å². The molecule has 0 aromatic heterocycles. The highest BCUT2D eigenvalue weighted by Gasteiger charge is 2.13.